The number of alkyl carbamates (subject to hydrolysis) is 1. The lowest BCUT2D eigenvalue weighted by Crippen LogP contribution is -2.50. The maximum atomic E-state index is 12.1. The highest BCUT2D eigenvalue weighted by molar-refractivity contribution is 9.10. The Bertz CT molecular complexity index is 542. The topological polar surface area (TPSA) is 50.4 Å². The SMILES string of the molecule is CC(C)(C)OC(=O)NC1CCCCCC1NCc1cccc(Br)c1. The van der Waals surface area contributed by atoms with Crippen LogP contribution < -0.4 is 10.6 Å². The molecule has 2 unspecified atom stereocenters. The van der Waals surface area contributed by atoms with Gasteiger partial charge >= 0.3 is 6.09 Å². The predicted octanol–water partition coefficient (Wildman–Crippen LogP) is 4.76. The van der Waals surface area contributed by atoms with Crippen molar-refractivity contribution in [3.63, 3.8) is 0 Å². The van der Waals surface area contributed by atoms with Crippen LogP contribution in [0.3, 0.4) is 0 Å². The molecule has 1 amide bonds. The summed E-state index contributed by atoms with van der Waals surface area (Å²) in [4.78, 5) is 12.1. The zero-order valence-corrected chi connectivity index (χ0v) is 16.5. The fourth-order valence-electron chi connectivity index (χ4n) is 3.08. The summed E-state index contributed by atoms with van der Waals surface area (Å²) in [5.74, 6) is 0. The summed E-state index contributed by atoms with van der Waals surface area (Å²) < 4.78 is 6.51. The van der Waals surface area contributed by atoms with Crippen LogP contribution in [-0.2, 0) is 11.3 Å². The van der Waals surface area contributed by atoms with Crippen molar-refractivity contribution in [2.45, 2.75) is 77.1 Å². The molecule has 1 aromatic carbocycles. The number of ether oxygens (including phenoxy) is 1. The van der Waals surface area contributed by atoms with Crippen molar-refractivity contribution in [3.8, 4) is 0 Å². The molecule has 24 heavy (non-hydrogen) atoms. The maximum absolute atomic E-state index is 12.1. The third kappa shape index (κ3) is 6.81. The number of rotatable bonds is 4. The highest BCUT2D eigenvalue weighted by atomic mass is 79.9. The van der Waals surface area contributed by atoms with Gasteiger partial charge in [0.15, 0.2) is 0 Å². The van der Waals surface area contributed by atoms with Crippen molar-refractivity contribution in [2.75, 3.05) is 0 Å². The summed E-state index contributed by atoms with van der Waals surface area (Å²) >= 11 is 3.51. The van der Waals surface area contributed by atoms with Crippen molar-refractivity contribution < 1.29 is 9.53 Å². The Kier molecular flexibility index (Phi) is 7.11. The van der Waals surface area contributed by atoms with Crippen LogP contribution in [0, 0.1) is 0 Å². The van der Waals surface area contributed by atoms with Gasteiger partial charge in [-0.15, -0.1) is 0 Å². The molecule has 2 atom stereocenters. The molecular formula is C19H29BrN2O2. The van der Waals surface area contributed by atoms with E-state index in [4.69, 9.17) is 4.74 Å². The fourth-order valence-corrected chi connectivity index (χ4v) is 3.53. The third-order valence-electron chi connectivity index (χ3n) is 4.18. The Morgan fingerprint density at radius 3 is 2.58 bits per heavy atom. The lowest BCUT2D eigenvalue weighted by molar-refractivity contribution is 0.0489. The fraction of sp³-hybridized carbons (Fsp3) is 0.632. The molecule has 1 aliphatic rings. The minimum atomic E-state index is -0.464. The Morgan fingerprint density at radius 1 is 1.21 bits per heavy atom. The number of carbonyl (C=O) groups is 1. The average Bonchev–Trinajstić information content (AvgIpc) is 2.68. The molecule has 134 valence electrons. The van der Waals surface area contributed by atoms with Crippen molar-refractivity contribution in [3.05, 3.63) is 34.3 Å². The van der Waals surface area contributed by atoms with E-state index in [-0.39, 0.29) is 18.2 Å². The predicted molar refractivity (Wildman–Crippen MR) is 101 cm³/mol. The first-order valence-corrected chi connectivity index (χ1v) is 9.60. The normalized spacial score (nSPS) is 21.8. The summed E-state index contributed by atoms with van der Waals surface area (Å²) in [5, 5.41) is 6.71. The highest BCUT2D eigenvalue weighted by Gasteiger charge is 2.27. The molecule has 0 heterocycles. The summed E-state index contributed by atoms with van der Waals surface area (Å²) in [6, 6.07) is 8.71. The van der Waals surface area contributed by atoms with Crippen LogP contribution >= 0.6 is 15.9 Å². The second-order valence-electron chi connectivity index (χ2n) is 7.51. The molecule has 5 heteroatoms. The van der Waals surface area contributed by atoms with E-state index in [0.717, 1.165) is 30.3 Å². The lowest BCUT2D eigenvalue weighted by Gasteiger charge is -2.29. The Morgan fingerprint density at radius 2 is 1.92 bits per heavy atom. The number of carbonyl (C=O) groups excluding carboxylic acids is 1. The minimum Gasteiger partial charge on any atom is -0.444 e. The summed E-state index contributed by atoms with van der Waals surface area (Å²) in [5.41, 5.74) is 0.776. The molecule has 0 radical (unpaired) electrons. The molecule has 4 nitrogen and oxygen atoms in total. The van der Waals surface area contributed by atoms with Gasteiger partial charge in [0.1, 0.15) is 5.60 Å². The molecule has 2 N–H and O–H groups in total. The first-order chi connectivity index (χ1) is 11.3. The van der Waals surface area contributed by atoms with Crippen LogP contribution in [0.2, 0.25) is 0 Å². The summed E-state index contributed by atoms with van der Waals surface area (Å²) in [6.07, 6.45) is 5.33. The molecular weight excluding hydrogens is 368 g/mol. The molecule has 2 rings (SSSR count). The zero-order chi connectivity index (χ0) is 17.6. The molecule has 1 saturated carbocycles. The lowest BCUT2D eigenvalue weighted by atomic mass is 10.0. The zero-order valence-electron chi connectivity index (χ0n) is 14.9. The Hall–Kier alpha value is -1.07. The quantitative estimate of drug-likeness (QED) is 0.720. The van der Waals surface area contributed by atoms with E-state index in [1.807, 2.05) is 32.9 Å². The van der Waals surface area contributed by atoms with Crippen LogP contribution in [0.4, 0.5) is 4.79 Å². The number of nitrogens with one attached hydrogen (secondary N) is 2. The standard InChI is InChI=1S/C19H29BrN2O2/c1-19(2,3)24-18(23)22-17-11-6-4-5-10-16(17)21-13-14-8-7-9-15(20)12-14/h7-9,12,16-17,21H,4-6,10-11,13H2,1-3H3,(H,22,23). The van der Waals surface area contributed by atoms with E-state index in [1.165, 1.54) is 18.4 Å². The molecule has 0 bridgehead atoms. The Balaban J connectivity index is 1.94. The van der Waals surface area contributed by atoms with Crippen LogP contribution in [0.25, 0.3) is 0 Å². The minimum absolute atomic E-state index is 0.120. The van der Waals surface area contributed by atoms with Gasteiger partial charge in [0.25, 0.3) is 0 Å². The van der Waals surface area contributed by atoms with Gasteiger partial charge in [0, 0.05) is 23.1 Å². The summed E-state index contributed by atoms with van der Waals surface area (Å²) in [7, 11) is 0. The van der Waals surface area contributed by atoms with Crippen molar-refractivity contribution >= 4 is 22.0 Å². The van der Waals surface area contributed by atoms with Gasteiger partial charge in [-0.05, 0) is 51.3 Å². The van der Waals surface area contributed by atoms with E-state index in [1.54, 1.807) is 0 Å². The number of hydrogen-bond acceptors (Lipinski definition) is 3. The van der Waals surface area contributed by atoms with Gasteiger partial charge in [-0.2, -0.15) is 0 Å². The Labute approximate surface area is 153 Å². The number of halogens is 1. The monoisotopic (exact) mass is 396 g/mol. The molecule has 0 spiro atoms. The molecule has 0 saturated heterocycles. The van der Waals surface area contributed by atoms with E-state index in [9.17, 15) is 4.79 Å². The molecule has 0 aliphatic heterocycles. The molecule has 1 fully saturated rings. The van der Waals surface area contributed by atoms with Gasteiger partial charge in [-0.1, -0.05) is 47.3 Å². The van der Waals surface area contributed by atoms with Crippen molar-refractivity contribution in [1.82, 2.24) is 10.6 Å². The van der Waals surface area contributed by atoms with Gasteiger partial charge in [0.2, 0.25) is 0 Å². The number of hydrogen-bond donors (Lipinski definition) is 2. The van der Waals surface area contributed by atoms with E-state index < -0.39 is 5.60 Å². The first kappa shape index (κ1) is 19.3. The summed E-state index contributed by atoms with van der Waals surface area (Å²) in [6.45, 7) is 6.48. The van der Waals surface area contributed by atoms with Crippen LogP contribution in [0.5, 0.6) is 0 Å². The largest absolute Gasteiger partial charge is 0.444 e. The van der Waals surface area contributed by atoms with E-state index >= 15 is 0 Å². The van der Waals surface area contributed by atoms with Gasteiger partial charge < -0.3 is 15.4 Å². The molecule has 0 aromatic heterocycles. The third-order valence-corrected chi connectivity index (χ3v) is 4.67. The van der Waals surface area contributed by atoms with E-state index in [0.29, 0.717) is 0 Å². The van der Waals surface area contributed by atoms with Crippen molar-refractivity contribution in [2.24, 2.45) is 0 Å². The second kappa shape index (κ2) is 8.86. The van der Waals surface area contributed by atoms with Crippen LogP contribution in [0.15, 0.2) is 28.7 Å². The van der Waals surface area contributed by atoms with Gasteiger partial charge in [-0.25, -0.2) is 4.79 Å². The number of amides is 1. The molecule has 1 aliphatic carbocycles. The smallest absolute Gasteiger partial charge is 0.407 e. The van der Waals surface area contributed by atoms with Crippen molar-refractivity contribution in [1.29, 1.82) is 0 Å². The highest BCUT2D eigenvalue weighted by Crippen LogP contribution is 2.20. The van der Waals surface area contributed by atoms with E-state index in [2.05, 4.69) is 38.7 Å². The van der Waals surface area contributed by atoms with Gasteiger partial charge in [-0.3, -0.25) is 0 Å². The van der Waals surface area contributed by atoms with Crippen LogP contribution in [-0.4, -0.2) is 23.8 Å². The average molecular weight is 397 g/mol. The maximum Gasteiger partial charge on any atom is 0.407 e. The second-order valence-corrected chi connectivity index (χ2v) is 8.42. The molecule has 1 aromatic rings. The first-order valence-electron chi connectivity index (χ1n) is 8.81. The van der Waals surface area contributed by atoms with Gasteiger partial charge in [0.05, 0.1) is 0 Å². The number of benzene rings is 1. The van der Waals surface area contributed by atoms with Crippen LogP contribution in [0.1, 0.15) is 58.4 Å².